The highest BCUT2D eigenvalue weighted by Gasteiger charge is 2.26. The zero-order valence-corrected chi connectivity index (χ0v) is 15.2. The summed E-state index contributed by atoms with van der Waals surface area (Å²) >= 11 is 0. The Kier molecular flexibility index (Phi) is 4.30. The van der Waals surface area contributed by atoms with E-state index in [0.717, 1.165) is 23.5 Å². The maximum Gasteiger partial charge on any atom is 0.263 e. The molecule has 1 aliphatic rings. The van der Waals surface area contributed by atoms with Crippen LogP contribution in [0.15, 0.2) is 29.3 Å². The number of aromatic nitrogens is 7. The summed E-state index contributed by atoms with van der Waals surface area (Å²) in [6.07, 6.45) is 4.07. The number of rotatable bonds is 3. The fourth-order valence-electron chi connectivity index (χ4n) is 3.23. The maximum atomic E-state index is 13.0. The summed E-state index contributed by atoms with van der Waals surface area (Å²) in [5.74, 6) is -0.270. The molecule has 1 amide bonds. The van der Waals surface area contributed by atoms with Crippen LogP contribution in [0.5, 0.6) is 0 Å². The second-order valence-electron chi connectivity index (χ2n) is 6.66. The van der Waals surface area contributed by atoms with Crippen molar-refractivity contribution in [3.8, 4) is 0 Å². The largest absolute Gasteiger partial charge is 0.332 e. The van der Waals surface area contributed by atoms with Crippen molar-refractivity contribution >= 4 is 5.91 Å². The molecule has 4 rings (SSSR count). The van der Waals surface area contributed by atoms with Gasteiger partial charge < -0.3 is 9.47 Å². The molecule has 0 fully saturated rings. The van der Waals surface area contributed by atoms with Crippen LogP contribution in [0.4, 0.5) is 0 Å². The molecule has 4 heterocycles. The minimum Gasteiger partial charge on any atom is -0.332 e. The topological polar surface area (TPSA) is 104 Å². The van der Waals surface area contributed by atoms with Crippen LogP contribution in [-0.2, 0) is 26.7 Å². The summed E-state index contributed by atoms with van der Waals surface area (Å²) in [6.45, 7) is 3.95. The number of nitrogens with zero attached hydrogens (tertiary/aromatic N) is 8. The van der Waals surface area contributed by atoms with E-state index in [-0.39, 0.29) is 17.0 Å². The molecule has 0 unspecified atom stereocenters. The SMILES string of the molecule is Cc1cnnn1Cc1nnn2c1CN(C(=O)c1cccn(C)c1=O)CCC2. The van der Waals surface area contributed by atoms with Crippen molar-refractivity contribution in [2.24, 2.45) is 7.05 Å². The predicted molar refractivity (Wildman–Crippen MR) is 94.9 cm³/mol. The van der Waals surface area contributed by atoms with Gasteiger partial charge in [0.2, 0.25) is 0 Å². The average molecular weight is 368 g/mol. The lowest BCUT2D eigenvalue weighted by atomic mass is 10.2. The van der Waals surface area contributed by atoms with Crippen molar-refractivity contribution in [2.75, 3.05) is 6.54 Å². The molecule has 0 aromatic carbocycles. The third kappa shape index (κ3) is 3.14. The number of hydrogen-bond donors (Lipinski definition) is 0. The summed E-state index contributed by atoms with van der Waals surface area (Å²) in [7, 11) is 1.64. The molecule has 0 bridgehead atoms. The minimum absolute atomic E-state index is 0.176. The molecular weight excluding hydrogens is 348 g/mol. The van der Waals surface area contributed by atoms with Crippen LogP contribution in [-0.4, -0.2) is 51.9 Å². The summed E-state index contributed by atoms with van der Waals surface area (Å²) in [5.41, 5.74) is 2.42. The van der Waals surface area contributed by atoms with Crippen LogP contribution in [0.1, 0.15) is 33.9 Å². The van der Waals surface area contributed by atoms with E-state index in [0.29, 0.717) is 26.2 Å². The molecule has 0 atom stereocenters. The Labute approximate surface area is 155 Å². The normalized spacial score (nSPS) is 14.1. The van der Waals surface area contributed by atoms with Gasteiger partial charge in [-0.05, 0) is 25.5 Å². The highest BCUT2D eigenvalue weighted by Crippen LogP contribution is 2.17. The van der Waals surface area contributed by atoms with E-state index in [1.54, 1.807) is 41.2 Å². The molecule has 10 nitrogen and oxygen atoms in total. The molecule has 0 N–H and O–H groups in total. The van der Waals surface area contributed by atoms with Gasteiger partial charge in [-0.15, -0.1) is 10.2 Å². The van der Waals surface area contributed by atoms with E-state index in [2.05, 4.69) is 20.6 Å². The first-order valence-corrected chi connectivity index (χ1v) is 8.76. The van der Waals surface area contributed by atoms with E-state index in [1.165, 1.54) is 4.57 Å². The number of hydrogen-bond acceptors (Lipinski definition) is 6. The summed E-state index contributed by atoms with van der Waals surface area (Å²) in [6, 6.07) is 3.28. The average Bonchev–Trinajstić information content (AvgIpc) is 3.16. The van der Waals surface area contributed by atoms with E-state index in [1.807, 2.05) is 11.6 Å². The van der Waals surface area contributed by atoms with Gasteiger partial charge in [0.15, 0.2) is 0 Å². The molecule has 0 saturated heterocycles. The molecule has 0 radical (unpaired) electrons. The Balaban J connectivity index is 1.63. The van der Waals surface area contributed by atoms with Crippen molar-refractivity contribution < 1.29 is 4.79 Å². The highest BCUT2D eigenvalue weighted by molar-refractivity contribution is 5.93. The summed E-state index contributed by atoms with van der Waals surface area (Å²) < 4.78 is 4.99. The lowest BCUT2D eigenvalue weighted by molar-refractivity contribution is 0.0743. The van der Waals surface area contributed by atoms with Crippen LogP contribution in [0.3, 0.4) is 0 Å². The first kappa shape index (κ1) is 17.1. The van der Waals surface area contributed by atoms with Gasteiger partial charge >= 0.3 is 0 Å². The fraction of sp³-hybridized carbons (Fsp3) is 0.412. The van der Waals surface area contributed by atoms with Crippen LogP contribution in [0, 0.1) is 6.92 Å². The van der Waals surface area contributed by atoms with E-state index in [9.17, 15) is 9.59 Å². The molecule has 0 spiro atoms. The van der Waals surface area contributed by atoms with Gasteiger partial charge in [-0.3, -0.25) is 9.59 Å². The Bertz CT molecular complexity index is 1050. The third-order valence-corrected chi connectivity index (χ3v) is 4.81. The van der Waals surface area contributed by atoms with E-state index in [4.69, 9.17) is 0 Å². The number of amides is 1. The summed E-state index contributed by atoms with van der Waals surface area (Å²) in [5, 5.41) is 16.4. The minimum atomic E-state index is -0.295. The van der Waals surface area contributed by atoms with Crippen molar-refractivity contribution in [3.63, 3.8) is 0 Å². The van der Waals surface area contributed by atoms with Crippen LogP contribution < -0.4 is 5.56 Å². The number of pyridine rings is 1. The smallest absolute Gasteiger partial charge is 0.263 e. The van der Waals surface area contributed by atoms with Crippen LogP contribution >= 0.6 is 0 Å². The van der Waals surface area contributed by atoms with Crippen molar-refractivity contribution in [1.29, 1.82) is 0 Å². The first-order chi connectivity index (χ1) is 13.0. The number of carbonyl (C=O) groups excluding carboxylic acids is 1. The fourth-order valence-corrected chi connectivity index (χ4v) is 3.23. The Hall–Kier alpha value is -3.30. The van der Waals surface area contributed by atoms with Crippen LogP contribution in [0.2, 0.25) is 0 Å². The summed E-state index contributed by atoms with van der Waals surface area (Å²) in [4.78, 5) is 27.0. The Morgan fingerprint density at radius 3 is 2.89 bits per heavy atom. The van der Waals surface area contributed by atoms with Gasteiger partial charge in [-0.1, -0.05) is 10.4 Å². The zero-order valence-electron chi connectivity index (χ0n) is 15.2. The monoisotopic (exact) mass is 368 g/mol. The van der Waals surface area contributed by atoms with Gasteiger partial charge in [0.05, 0.1) is 30.7 Å². The van der Waals surface area contributed by atoms with Gasteiger partial charge in [0.1, 0.15) is 11.3 Å². The van der Waals surface area contributed by atoms with E-state index < -0.39 is 0 Å². The highest BCUT2D eigenvalue weighted by atomic mass is 16.2. The number of aryl methyl sites for hydroxylation is 3. The second-order valence-corrected chi connectivity index (χ2v) is 6.66. The van der Waals surface area contributed by atoms with Crippen molar-refractivity contribution in [1.82, 2.24) is 39.5 Å². The Morgan fingerprint density at radius 2 is 2.11 bits per heavy atom. The van der Waals surface area contributed by atoms with Gasteiger partial charge in [-0.25, -0.2) is 9.36 Å². The molecule has 0 saturated carbocycles. The first-order valence-electron chi connectivity index (χ1n) is 8.76. The molecule has 140 valence electrons. The number of carbonyl (C=O) groups is 1. The molecule has 3 aromatic heterocycles. The van der Waals surface area contributed by atoms with Crippen LogP contribution in [0.25, 0.3) is 0 Å². The van der Waals surface area contributed by atoms with E-state index >= 15 is 0 Å². The van der Waals surface area contributed by atoms with Gasteiger partial charge in [0.25, 0.3) is 11.5 Å². The van der Waals surface area contributed by atoms with Gasteiger partial charge in [-0.2, -0.15) is 0 Å². The third-order valence-electron chi connectivity index (χ3n) is 4.81. The molecule has 10 heteroatoms. The van der Waals surface area contributed by atoms with Gasteiger partial charge in [0, 0.05) is 26.3 Å². The van der Waals surface area contributed by atoms with Crippen molar-refractivity contribution in [3.05, 3.63) is 57.5 Å². The number of fused-ring (bicyclic) bond motifs is 1. The molecule has 27 heavy (non-hydrogen) atoms. The standard InChI is InChI=1S/C17H20N8O2/c1-12-9-18-20-25(12)10-14-15-11-23(7-4-8-24(15)21-19-14)17(27)13-5-3-6-22(2)16(13)26/h3,5-6,9H,4,7-8,10-11H2,1-2H3. The molecule has 0 aliphatic carbocycles. The molecule has 1 aliphatic heterocycles. The zero-order chi connectivity index (χ0) is 19.0. The molecule has 3 aromatic rings. The maximum absolute atomic E-state index is 13.0. The molecular formula is C17H20N8O2. The predicted octanol–water partition coefficient (Wildman–Crippen LogP) is -0.0289. The van der Waals surface area contributed by atoms with Crippen molar-refractivity contribution in [2.45, 2.75) is 33.0 Å². The lowest BCUT2D eigenvalue weighted by Crippen LogP contribution is -2.36. The lowest BCUT2D eigenvalue weighted by Gasteiger charge is -2.20. The quantitative estimate of drug-likeness (QED) is 0.643. The second kappa shape index (κ2) is 6.78. The Morgan fingerprint density at radius 1 is 1.26 bits per heavy atom.